The molecule has 9 rings (SSSR count). The smallest absolute Gasteiger partial charge is 0.160 e. The molecule has 0 spiro atoms. The summed E-state index contributed by atoms with van der Waals surface area (Å²) in [5.41, 5.74) is 16.5. The van der Waals surface area contributed by atoms with E-state index in [1.54, 1.807) is 40.2 Å². The number of methoxy groups -OCH3 is 4. The Labute approximate surface area is 625 Å². The molecule has 7 nitrogen and oxygen atoms in total. The van der Waals surface area contributed by atoms with Crippen LogP contribution in [0.3, 0.4) is 0 Å². The normalized spacial score (nSPS) is 10.4. The highest BCUT2D eigenvalue weighted by molar-refractivity contribution is 7.98. The molecule has 8 heteroatoms. The van der Waals surface area contributed by atoms with Crippen molar-refractivity contribution in [2.45, 2.75) is 216 Å². The first-order valence-electron chi connectivity index (χ1n) is 36.4. The van der Waals surface area contributed by atoms with Crippen LogP contribution in [0.15, 0.2) is 223 Å². The molecule has 0 aliphatic heterocycles. The Morgan fingerprint density at radius 3 is 1.11 bits per heavy atom. The van der Waals surface area contributed by atoms with Gasteiger partial charge in [-0.15, -0.1) is 11.8 Å². The topological polar surface area (TPSA) is 93.7 Å². The molecule has 0 bridgehead atoms. The molecule has 9 aromatic carbocycles. The van der Waals surface area contributed by atoms with Gasteiger partial charge in [0.25, 0.3) is 0 Å². The summed E-state index contributed by atoms with van der Waals surface area (Å²) in [6.45, 7) is 47.2. The molecular weight excluding hydrogens is 1270 g/mol. The van der Waals surface area contributed by atoms with Crippen LogP contribution < -0.4 is 18.9 Å². The van der Waals surface area contributed by atoms with E-state index in [1.807, 2.05) is 97.9 Å². The molecular formula is C94H128N2O5S. The highest BCUT2D eigenvalue weighted by atomic mass is 32.2. The second-order valence-corrected chi connectivity index (χ2v) is 29.1. The van der Waals surface area contributed by atoms with Gasteiger partial charge in [0, 0.05) is 12.0 Å². The van der Waals surface area contributed by atoms with Crippen LogP contribution in [0.25, 0.3) is 0 Å². The molecule has 102 heavy (non-hydrogen) atoms. The first-order chi connectivity index (χ1) is 48.4. The van der Waals surface area contributed by atoms with Gasteiger partial charge in [0.05, 0.1) is 57.8 Å². The van der Waals surface area contributed by atoms with Crippen molar-refractivity contribution in [3.8, 4) is 35.1 Å². The molecule has 0 amide bonds. The Bertz CT molecular complexity index is 3630. The zero-order chi connectivity index (χ0) is 76.7. The quantitative estimate of drug-likeness (QED) is 0.0833. The van der Waals surface area contributed by atoms with Gasteiger partial charge in [0.1, 0.15) is 11.5 Å². The van der Waals surface area contributed by atoms with Gasteiger partial charge in [-0.1, -0.05) is 284 Å². The molecule has 0 saturated heterocycles. The van der Waals surface area contributed by atoms with E-state index >= 15 is 0 Å². The highest BCUT2D eigenvalue weighted by Gasteiger charge is 2.13. The molecule has 0 aliphatic rings. The highest BCUT2D eigenvalue weighted by Crippen LogP contribution is 2.31. The Balaban J connectivity index is 0.000000574. The lowest BCUT2D eigenvalue weighted by molar-refractivity contribution is 0.185. The zero-order valence-corrected chi connectivity index (χ0v) is 68.2. The van der Waals surface area contributed by atoms with Crippen LogP contribution in [0.5, 0.6) is 23.0 Å². The molecule has 550 valence electrons. The number of hydrogen-bond acceptors (Lipinski definition) is 8. The summed E-state index contributed by atoms with van der Waals surface area (Å²) in [5, 5.41) is 17.1. The fraction of sp³-hybridized carbons (Fsp3) is 0.404. The van der Waals surface area contributed by atoms with Crippen LogP contribution >= 0.6 is 11.8 Å². The van der Waals surface area contributed by atoms with Gasteiger partial charge >= 0.3 is 0 Å². The van der Waals surface area contributed by atoms with Crippen LogP contribution in [0.1, 0.15) is 265 Å². The third kappa shape index (κ3) is 37.9. The van der Waals surface area contributed by atoms with Crippen molar-refractivity contribution in [1.29, 1.82) is 10.5 Å². The van der Waals surface area contributed by atoms with Gasteiger partial charge < -0.3 is 23.7 Å². The van der Waals surface area contributed by atoms with Crippen LogP contribution in [0.2, 0.25) is 0 Å². The Morgan fingerprint density at radius 2 is 0.735 bits per heavy atom. The first-order valence-corrected chi connectivity index (χ1v) is 37.6. The molecule has 0 aromatic heterocycles. The summed E-state index contributed by atoms with van der Waals surface area (Å²) < 4.78 is 25.8. The van der Waals surface area contributed by atoms with E-state index in [-0.39, 0.29) is 5.41 Å². The SMILES string of the molecule is CC(C)c1ccc(C#N)cc1.CC(C)c1cccc(C#N)c1.CC(C)c1ccccc1.CCOc1ccc(C(C)C)cc1.CCc1ccc(C(C)C)cc1.COCc1cccc(C(C)C)c1.COc1ccc(C(C)C)cc1.COc1ccc(C(C)C)cc1OC.CSc1ccc(C(C)(C)C)cc1. The predicted octanol–water partition coefficient (Wildman–Crippen LogP) is 27.1. The van der Waals surface area contributed by atoms with Crippen molar-refractivity contribution < 1.29 is 23.7 Å². The van der Waals surface area contributed by atoms with Crippen LogP contribution in [0, 0.1) is 22.7 Å². The second kappa shape index (κ2) is 51.6. The van der Waals surface area contributed by atoms with Crippen LogP contribution in [-0.4, -0.2) is 41.3 Å². The summed E-state index contributed by atoms with van der Waals surface area (Å²) in [7, 11) is 6.71. The van der Waals surface area contributed by atoms with Crippen LogP contribution in [-0.2, 0) is 23.2 Å². The molecule has 0 heterocycles. The van der Waals surface area contributed by atoms with E-state index in [9.17, 15) is 0 Å². The molecule has 0 fully saturated rings. The van der Waals surface area contributed by atoms with E-state index in [0.717, 1.165) is 47.2 Å². The van der Waals surface area contributed by atoms with Crippen LogP contribution in [0.4, 0.5) is 0 Å². The molecule has 0 saturated carbocycles. The lowest BCUT2D eigenvalue weighted by Gasteiger charge is -2.18. The van der Waals surface area contributed by atoms with Gasteiger partial charge in [-0.3, -0.25) is 0 Å². The summed E-state index contributed by atoms with van der Waals surface area (Å²) in [6, 6.07) is 78.9. The minimum absolute atomic E-state index is 0.275. The molecule has 0 unspecified atom stereocenters. The van der Waals surface area contributed by atoms with Crippen molar-refractivity contribution in [2.24, 2.45) is 0 Å². The lowest BCUT2D eigenvalue weighted by atomic mass is 9.87. The zero-order valence-electron chi connectivity index (χ0n) is 67.4. The number of ether oxygens (including phenoxy) is 5. The Hall–Kier alpha value is -8.53. The lowest BCUT2D eigenvalue weighted by Crippen LogP contribution is -2.10. The predicted molar refractivity (Wildman–Crippen MR) is 442 cm³/mol. The van der Waals surface area contributed by atoms with E-state index < -0.39 is 0 Å². The van der Waals surface area contributed by atoms with Gasteiger partial charge in [0.2, 0.25) is 0 Å². The van der Waals surface area contributed by atoms with Crippen molar-refractivity contribution in [3.63, 3.8) is 0 Å². The van der Waals surface area contributed by atoms with Crippen molar-refractivity contribution in [3.05, 3.63) is 291 Å². The van der Waals surface area contributed by atoms with Gasteiger partial charge in [-0.25, -0.2) is 0 Å². The molecule has 9 aromatic rings. The number of nitriles is 2. The number of benzene rings is 9. The van der Waals surface area contributed by atoms with Crippen molar-refractivity contribution in [2.75, 3.05) is 41.3 Å². The monoisotopic (exact) mass is 1400 g/mol. The number of rotatable bonds is 17. The maximum atomic E-state index is 8.59. The minimum Gasteiger partial charge on any atom is -0.497 e. The molecule has 0 N–H and O–H groups in total. The molecule has 0 aliphatic carbocycles. The molecule has 0 radical (unpaired) electrons. The molecule has 0 atom stereocenters. The third-order valence-corrected chi connectivity index (χ3v) is 17.3. The fourth-order valence-electron chi connectivity index (χ4n) is 9.50. The van der Waals surface area contributed by atoms with E-state index in [1.165, 1.54) is 66.1 Å². The largest absolute Gasteiger partial charge is 0.497 e. The average molecular weight is 1400 g/mol. The fourth-order valence-corrected chi connectivity index (χ4v) is 9.91. The third-order valence-electron chi connectivity index (χ3n) is 16.5. The van der Waals surface area contributed by atoms with Gasteiger partial charge in [-0.05, 0) is 206 Å². The van der Waals surface area contributed by atoms with Crippen molar-refractivity contribution >= 4 is 11.8 Å². The van der Waals surface area contributed by atoms with E-state index in [0.29, 0.717) is 54.0 Å². The first kappa shape index (κ1) is 91.5. The maximum absolute atomic E-state index is 8.59. The number of aryl methyl sites for hydroxylation is 1. The standard InChI is InChI=1S/C11H16O2.2C11H16O.C11H16S.C11H16.2C10H11N.C10H14O.C9H12/c1-8(2)9-5-6-10(12-3)11(7-9)13-4;1-9(2)11-6-4-5-10(7-11)8-12-3;1-4-12-11-7-5-10(6-8-11)9(2)3;1-11(2,3)9-5-7-10(12-4)8-6-9;1-4-10-5-7-11(8-6-10)9(2)3;1-8(2)10-5-3-9(7-11)4-6-10;1-8(2)10-5-3-4-9(6-10)7-11;1-8(2)9-4-6-10(11-3)7-5-9;1-8(2)9-6-4-3-5-7-9/h5-8H,1-4H3;4-7,9H,8H2,1-3H3;5-9H,4H2,1-3H3;5-8H,1-4H3;5-9H,4H2,1-3H3;2*3-6,8H,1-2H3;4-8H,1-3H3;3-8H,1-2H3. The van der Waals surface area contributed by atoms with Gasteiger partial charge in [-0.2, -0.15) is 10.5 Å². The van der Waals surface area contributed by atoms with Gasteiger partial charge in [0.15, 0.2) is 11.5 Å². The Kier molecular flexibility index (Phi) is 46.3. The van der Waals surface area contributed by atoms with Crippen molar-refractivity contribution in [1.82, 2.24) is 0 Å². The average Bonchev–Trinajstić information content (AvgIpc) is 0.865. The number of nitrogens with zero attached hydrogens (tertiary/aromatic N) is 2. The summed E-state index contributed by atoms with van der Waals surface area (Å²) in [5.74, 6) is 8.14. The minimum atomic E-state index is 0.275. The maximum Gasteiger partial charge on any atom is 0.160 e. The Morgan fingerprint density at radius 1 is 0.353 bits per heavy atom. The number of hydrogen-bond donors (Lipinski definition) is 0. The van der Waals surface area contributed by atoms with E-state index in [2.05, 4.69) is 284 Å². The summed E-state index contributed by atoms with van der Waals surface area (Å²) in [4.78, 5) is 1.34. The summed E-state index contributed by atoms with van der Waals surface area (Å²) >= 11 is 1.79. The number of thioether (sulfide) groups is 1. The summed E-state index contributed by atoms with van der Waals surface area (Å²) in [6.07, 6.45) is 3.24. The second-order valence-electron chi connectivity index (χ2n) is 28.3. The van der Waals surface area contributed by atoms with E-state index in [4.69, 9.17) is 34.2 Å².